The monoisotopic (exact) mass is 591 g/mol. The molecule has 0 fully saturated rings. The fourth-order valence-electron chi connectivity index (χ4n) is 7.17. The highest BCUT2D eigenvalue weighted by molar-refractivity contribution is 6.23. The van der Waals surface area contributed by atoms with E-state index in [4.69, 9.17) is 4.42 Å². The molecule has 7 aromatic rings. The van der Waals surface area contributed by atoms with Gasteiger partial charge in [0.1, 0.15) is 11.2 Å². The van der Waals surface area contributed by atoms with Crippen LogP contribution in [0.2, 0.25) is 0 Å². The maximum atomic E-state index is 13.5. The van der Waals surface area contributed by atoms with Crippen LogP contribution in [-0.2, 0) is 0 Å². The molecule has 0 atom stereocenters. The minimum atomic E-state index is 0.0885. The van der Waals surface area contributed by atoms with E-state index in [1.54, 1.807) is 0 Å². The summed E-state index contributed by atoms with van der Waals surface area (Å²) >= 11 is 0. The molecule has 0 spiro atoms. The van der Waals surface area contributed by atoms with E-state index in [1.165, 1.54) is 22.4 Å². The molecule has 3 nitrogen and oxygen atoms in total. The summed E-state index contributed by atoms with van der Waals surface area (Å²) < 4.78 is 6.39. The first-order valence-corrected chi connectivity index (χ1v) is 15.8. The van der Waals surface area contributed by atoms with Gasteiger partial charge >= 0.3 is 0 Å². The molecule has 3 heteroatoms. The first-order valence-electron chi connectivity index (χ1n) is 15.8. The minimum absolute atomic E-state index is 0.0885. The zero-order valence-corrected chi connectivity index (χ0v) is 25.1. The lowest BCUT2D eigenvalue weighted by molar-refractivity contribution is 0.104. The Morgan fingerprint density at radius 2 is 1.20 bits per heavy atom. The summed E-state index contributed by atoms with van der Waals surface area (Å²) in [4.78, 5) is 15.8. The van der Waals surface area contributed by atoms with E-state index >= 15 is 0 Å². The van der Waals surface area contributed by atoms with Gasteiger partial charge in [0.05, 0.1) is 5.69 Å². The quantitative estimate of drug-likeness (QED) is 0.200. The fraction of sp³-hybridized carbons (Fsp3) is 0.0465. The number of carbonyl (C=O) groups is 1. The Morgan fingerprint density at radius 3 is 2.02 bits per heavy atom. The number of carbonyl (C=O) groups excluding carboxylic acids is 1. The molecule has 6 aromatic carbocycles. The van der Waals surface area contributed by atoms with Gasteiger partial charge in [0.2, 0.25) is 0 Å². The molecule has 0 saturated heterocycles. The third-order valence-corrected chi connectivity index (χ3v) is 9.37. The van der Waals surface area contributed by atoms with Crippen molar-refractivity contribution < 1.29 is 9.21 Å². The lowest BCUT2D eigenvalue weighted by Crippen LogP contribution is -2.19. The van der Waals surface area contributed by atoms with Crippen LogP contribution in [0.25, 0.3) is 49.8 Å². The van der Waals surface area contributed by atoms with Crippen LogP contribution >= 0.6 is 0 Å². The van der Waals surface area contributed by atoms with E-state index in [0.29, 0.717) is 0 Å². The topological polar surface area (TPSA) is 33.5 Å². The molecule has 2 aliphatic carbocycles. The van der Waals surface area contributed by atoms with Crippen LogP contribution in [0.3, 0.4) is 0 Å². The summed E-state index contributed by atoms with van der Waals surface area (Å²) in [6.07, 6.45) is 6.19. The molecule has 1 aromatic heterocycles. The van der Waals surface area contributed by atoms with E-state index < -0.39 is 0 Å². The van der Waals surface area contributed by atoms with Crippen molar-refractivity contribution in [2.24, 2.45) is 0 Å². The third kappa shape index (κ3) is 4.17. The van der Waals surface area contributed by atoms with Crippen molar-refractivity contribution >= 4 is 44.7 Å². The number of allylic oxidation sites excluding steroid dienone is 4. The van der Waals surface area contributed by atoms with Crippen LogP contribution in [0.4, 0.5) is 11.4 Å². The Balaban J connectivity index is 1.19. The van der Waals surface area contributed by atoms with Crippen molar-refractivity contribution in [1.82, 2.24) is 0 Å². The first-order chi connectivity index (χ1) is 22.7. The van der Waals surface area contributed by atoms with E-state index in [2.05, 4.69) is 108 Å². The Kier molecular flexibility index (Phi) is 6.10. The first kappa shape index (κ1) is 26.5. The molecule has 9 rings (SSSR count). The zero-order valence-electron chi connectivity index (χ0n) is 25.1. The third-order valence-electron chi connectivity index (χ3n) is 9.37. The highest BCUT2D eigenvalue weighted by Gasteiger charge is 2.31. The number of furan rings is 1. The van der Waals surface area contributed by atoms with Crippen molar-refractivity contribution in [3.05, 3.63) is 174 Å². The number of benzene rings is 6. The zero-order chi connectivity index (χ0) is 30.6. The van der Waals surface area contributed by atoms with Gasteiger partial charge in [0.15, 0.2) is 5.78 Å². The molecule has 0 aliphatic heterocycles. The molecule has 0 saturated carbocycles. The molecular formula is C43H29NO2. The summed E-state index contributed by atoms with van der Waals surface area (Å²) in [7, 11) is 0. The summed E-state index contributed by atoms with van der Waals surface area (Å²) in [5.74, 6) is 0.0885. The van der Waals surface area contributed by atoms with Crippen molar-refractivity contribution in [2.45, 2.75) is 12.8 Å². The van der Waals surface area contributed by atoms with Crippen molar-refractivity contribution in [1.29, 1.82) is 0 Å². The van der Waals surface area contributed by atoms with Crippen LogP contribution in [0.15, 0.2) is 162 Å². The summed E-state index contributed by atoms with van der Waals surface area (Å²) in [6, 6.07) is 48.0. The lowest BCUT2D eigenvalue weighted by Gasteiger charge is -2.31. The molecule has 0 bridgehead atoms. The molecule has 218 valence electrons. The average Bonchev–Trinajstić information content (AvgIpc) is 3.65. The van der Waals surface area contributed by atoms with Crippen molar-refractivity contribution in [2.75, 3.05) is 4.90 Å². The number of hydrogen-bond donors (Lipinski definition) is 0. The van der Waals surface area contributed by atoms with Gasteiger partial charge in [0.25, 0.3) is 0 Å². The number of fused-ring (bicyclic) bond motifs is 6. The Morgan fingerprint density at radius 1 is 0.522 bits per heavy atom. The second-order valence-electron chi connectivity index (χ2n) is 12.0. The van der Waals surface area contributed by atoms with E-state index in [0.717, 1.165) is 74.0 Å². The minimum Gasteiger partial charge on any atom is -0.455 e. The van der Waals surface area contributed by atoms with E-state index in [9.17, 15) is 4.79 Å². The number of anilines is 2. The molecule has 0 radical (unpaired) electrons. The maximum absolute atomic E-state index is 13.5. The van der Waals surface area contributed by atoms with Crippen molar-refractivity contribution in [3.8, 4) is 22.3 Å². The largest absolute Gasteiger partial charge is 0.455 e. The summed E-state index contributed by atoms with van der Waals surface area (Å²) in [5, 5.41) is 2.29. The molecular weight excluding hydrogens is 562 g/mol. The van der Waals surface area contributed by atoms with Crippen LogP contribution in [0, 0.1) is 0 Å². The van der Waals surface area contributed by atoms with Crippen molar-refractivity contribution in [3.63, 3.8) is 0 Å². The Bertz CT molecular complexity index is 2370. The fourth-order valence-corrected chi connectivity index (χ4v) is 7.17. The summed E-state index contributed by atoms with van der Waals surface area (Å²) in [6.45, 7) is 0. The molecule has 0 N–H and O–H groups in total. The smallest absolute Gasteiger partial charge is 0.194 e. The normalized spacial score (nSPS) is 13.8. The van der Waals surface area contributed by atoms with Crippen LogP contribution < -0.4 is 4.90 Å². The number of ketones is 1. The Hall–Kier alpha value is -5.93. The lowest BCUT2D eigenvalue weighted by atomic mass is 9.93. The summed E-state index contributed by atoms with van der Waals surface area (Å²) in [5.41, 5.74) is 13.4. The average molecular weight is 592 g/mol. The van der Waals surface area contributed by atoms with Gasteiger partial charge in [-0.25, -0.2) is 0 Å². The molecule has 2 aliphatic rings. The van der Waals surface area contributed by atoms with Crippen LogP contribution in [-0.4, -0.2) is 5.78 Å². The van der Waals surface area contributed by atoms with Gasteiger partial charge in [-0.3, -0.25) is 4.79 Å². The maximum Gasteiger partial charge on any atom is 0.194 e. The number of nitrogens with zero attached hydrogens (tertiary/aromatic N) is 1. The number of hydrogen-bond acceptors (Lipinski definition) is 3. The second-order valence-corrected chi connectivity index (χ2v) is 12.0. The van der Waals surface area contributed by atoms with E-state index in [-0.39, 0.29) is 5.78 Å². The molecule has 1 heterocycles. The SMILES string of the molecule is O=C1c2ccccc2-c2c1cccc2N(C1=CC=C(c2cccc3c2oc2ccccc23)CC1)c1ccc(-c2ccccc2)cc1. The highest BCUT2D eigenvalue weighted by atomic mass is 16.3. The van der Waals surface area contributed by atoms with Gasteiger partial charge in [0, 0.05) is 44.4 Å². The second kappa shape index (κ2) is 10.6. The van der Waals surface area contributed by atoms with Gasteiger partial charge in [-0.05, 0) is 65.4 Å². The van der Waals surface area contributed by atoms with Crippen LogP contribution in [0.1, 0.15) is 34.3 Å². The standard InChI is InChI=1S/C43H29NO2/c45-42-36-14-5-4-13-35(36)41-38(42)17-9-18-39(41)44(31-24-20-29(21-25-31)28-10-2-1-3-11-28)32-26-22-30(23-27-32)33-15-8-16-37-34-12-6-7-19-40(34)46-43(33)37/h1-22,24-26H,23,27H2. The predicted molar refractivity (Wildman–Crippen MR) is 188 cm³/mol. The molecule has 0 unspecified atom stereocenters. The highest BCUT2D eigenvalue weighted by Crippen LogP contribution is 2.47. The van der Waals surface area contributed by atoms with Gasteiger partial charge in [-0.15, -0.1) is 0 Å². The molecule has 46 heavy (non-hydrogen) atoms. The number of para-hydroxylation sites is 2. The number of rotatable bonds is 5. The van der Waals surface area contributed by atoms with Crippen LogP contribution in [0.5, 0.6) is 0 Å². The van der Waals surface area contributed by atoms with Gasteiger partial charge in [-0.2, -0.15) is 0 Å². The van der Waals surface area contributed by atoms with Gasteiger partial charge in [-0.1, -0.05) is 121 Å². The predicted octanol–water partition coefficient (Wildman–Crippen LogP) is 11.4. The van der Waals surface area contributed by atoms with Gasteiger partial charge < -0.3 is 9.32 Å². The molecule has 0 amide bonds. The Labute approximate surface area is 267 Å². The van der Waals surface area contributed by atoms with E-state index in [1.807, 2.05) is 48.5 Å².